The van der Waals surface area contributed by atoms with Crippen LogP contribution in [0.25, 0.3) is 0 Å². The minimum absolute atomic E-state index is 0.689. The third kappa shape index (κ3) is 5.91. The van der Waals surface area contributed by atoms with Gasteiger partial charge in [-0.25, -0.2) is 4.98 Å². The second-order valence-electron chi connectivity index (χ2n) is 6.02. The Hall–Kier alpha value is -1.09. The molecule has 0 unspecified atom stereocenters. The molecule has 1 heterocycles. The molecule has 0 saturated carbocycles. The van der Waals surface area contributed by atoms with E-state index in [0.717, 1.165) is 44.7 Å². The van der Waals surface area contributed by atoms with Gasteiger partial charge >= 0.3 is 0 Å². The van der Waals surface area contributed by atoms with Gasteiger partial charge in [-0.05, 0) is 43.0 Å². The maximum Gasteiger partial charge on any atom is 0.128 e. The first-order valence-corrected chi connectivity index (χ1v) is 7.98. The van der Waals surface area contributed by atoms with Crippen LogP contribution in [0, 0.1) is 5.92 Å². The summed E-state index contributed by atoms with van der Waals surface area (Å²) < 4.78 is 0. The number of nitrogens with zero attached hydrogens (tertiary/aromatic N) is 2. The summed E-state index contributed by atoms with van der Waals surface area (Å²) in [5.41, 5.74) is 2.57. The smallest absolute Gasteiger partial charge is 0.128 e. The number of pyridine rings is 1. The minimum Gasteiger partial charge on any atom is -0.360 e. The fourth-order valence-corrected chi connectivity index (χ4v) is 2.27. The quantitative estimate of drug-likeness (QED) is 0.747. The number of aryl methyl sites for hydroxylation is 1. The molecule has 0 radical (unpaired) electrons. The first kappa shape index (κ1) is 17.0. The predicted molar refractivity (Wildman–Crippen MR) is 88.3 cm³/mol. The van der Waals surface area contributed by atoms with E-state index in [1.165, 1.54) is 11.3 Å². The zero-order valence-corrected chi connectivity index (χ0v) is 13.9. The van der Waals surface area contributed by atoms with Gasteiger partial charge in [-0.3, -0.25) is 0 Å². The lowest BCUT2D eigenvalue weighted by atomic mass is 10.1. The fraction of sp³-hybridized carbons (Fsp3) is 0.706. The fourth-order valence-electron chi connectivity index (χ4n) is 2.27. The molecule has 0 amide bonds. The number of nitrogens with one attached hydrogen (secondary N) is 1. The zero-order valence-electron chi connectivity index (χ0n) is 13.9. The summed E-state index contributed by atoms with van der Waals surface area (Å²) in [6.07, 6.45) is 3.36. The second kappa shape index (κ2) is 8.96. The number of anilines is 1. The summed E-state index contributed by atoms with van der Waals surface area (Å²) in [4.78, 5) is 7.04. The van der Waals surface area contributed by atoms with Crippen molar-refractivity contribution >= 4 is 5.82 Å². The SMILES string of the molecule is CCCc1cc(CNCC(C)C)cc(N(C)CCC)n1. The van der Waals surface area contributed by atoms with Gasteiger partial charge in [-0.15, -0.1) is 0 Å². The lowest BCUT2D eigenvalue weighted by Crippen LogP contribution is -2.22. The minimum atomic E-state index is 0.689. The largest absolute Gasteiger partial charge is 0.360 e. The molecular formula is C17H31N3. The topological polar surface area (TPSA) is 28.2 Å². The first-order valence-electron chi connectivity index (χ1n) is 7.98. The molecule has 0 atom stereocenters. The molecule has 0 bridgehead atoms. The van der Waals surface area contributed by atoms with Crippen molar-refractivity contribution in [1.29, 1.82) is 0 Å². The van der Waals surface area contributed by atoms with E-state index in [4.69, 9.17) is 4.98 Å². The molecule has 0 aliphatic carbocycles. The third-order valence-corrected chi connectivity index (χ3v) is 3.26. The summed E-state index contributed by atoms with van der Waals surface area (Å²) in [5, 5.41) is 3.52. The Morgan fingerprint density at radius 3 is 2.55 bits per heavy atom. The average molecular weight is 277 g/mol. The van der Waals surface area contributed by atoms with Gasteiger partial charge in [0.05, 0.1) is 0 Å². The van der Waals surface area contributed by atoms with Crippen LogP contribution in [-0.2, 0) is 13.0 Å². The van der Waals surface area contributed by atoms with E-state index in [9.17, 15) is 0 Å². The Balaban J connectivity index is 2.80. The van der Waals surface area contributed by atoms with Crippen LogP contribution in [-0.4, -0.2) is 25.1 Å². The number of hydrogen-bond acceptors (Lipinski definition) is 3. The Bertz CT molecular complexity index is 388. The van der Waals surface area contributed by atoms with E-state index < -0.39 is 0 Å². The van der Waals surface area contributed by atoms with Crippen molar-refractivity contribution in [3.63, 3.8) is 0 Å². The number of hydrogen-bond donors (Lipinski definition) is 1. The van der Waals surface area contributed by atoms with Crippen LogP contribution < -0.4 is 10.2 Å². The Kier molecular flexibility index (Phi) is 7.60. The van der Waals surface area contributed by atoms with Crippen LogP contribution in [0.1, 0.15) is 51.8 Å². The lowest BCUT2D eigenvalue weighted by molar-refractivity contribution is 0.552. The highest BCUT2D eigenvalue weighted by Gasteiger charge is 2.06. The molecule has 3 heteroatoms. The summed E-state index contributed by atoms with van der Waals surface area (Å²) >= 11 is 0. The Labute approximate surface area is 124 Å². The highest BCUT2D eigenvalue weighted by molar-refractivity contribution is 5.42. The molecule has 3 nitrogen and oxygen atoms in total. The van der Waals surface area contributed by atoms with Gasteiger partial charge in [0.1, 0.15) is 5.82 Å². The van der Waals surface area contributed by atoms with Gasteiger partial charge in [0.15, 0.2) is 0 Å². The Morgan fingerprint density at radius 2 is 1.95 bits per heavy atom. The van der Waals surface area contributed by atoms with E-state index in [1.807, 2.05) is 0 Å². The molecule has 0 aliphatic heterocycles. The predicted octanol–water partition coefficient (Wildman–Crippen LogP) is 3.63. The van der Waals surface area contributed by atoms with Gasteiger partial charge in [-0.1, -0.05) is 34.1 Å². The summed E-state index contributed by atoms with van der Waals surface area (Å²) in [6, 6.07) is 4.47. The van der Waals surface area contributed by atoms with Gasteiger partial charge in [0.25, 0.3) is 0 Å². The molecule has 0 aliphatic rings. The molecule has 0 saturated heterocycles. The molecule has 0 spiro atoms. The molecule has 1 aromatic heterocycles. The van der Waals surface area contributed by atoms with E-state index in [-0.39, 0.29) is 0 Å². The Morgan fingerprint density at radius 1 is 1.20 bits per heavy atom. The summed E-state index contributed by atoms with van der Waals surface area (Å²) in [6.45, 7) is 11.9. The molecule has 0 fully saturated rings. The summed E-state index contributed by atoms with van der Waals surface area (Å²) in [5.74, 6) is 1.80. The van der Waals surface area contributed by atoms with E-state index in [2.05, 4.69) is 57.1 Å². The molecule has 1 aromatic rings. The van der Waals surface area contributed by atoms with Crippen molar-refractivity contribution < 1.29 is 0 Å². The molecular weight excluding hydrogens is 246 g/mol. The highest BCUT2D eigenvalue weighted by Crippen LogP contribution is 2.15. The van der Waals surface area contributed by atoms with Crippen molar-refractivity contribution in [2.75, 3.05) is 25.0 Å². The average Bonchev–Trinajstić information content (AvgIpc) is 2.38. The number of rotatable bonds is 9. The molecule has 20 heavy (non-hydrogen) atoms. The summed E-state index contributed by atoms with van der Waals surface area (Å²) in [7, 11) is 2.13. The lowest BCUT2D eigenvalue weighted by Gasteiger charge is -2.19. The number of aromatic nitrogens is 1. The monoisotopic (exact) mass is 277 g/mol. The van der Waals surface area contributed by atoms with Crippen LogP contribution >= 0.6 is 0 Å². The van der Waals surface area contributed by atoms with Gasteiger partial charge in [0, 0.05) is 25.8 Å². The van der Waals surface area contributed by atoms with Gasteiger partial charge in [-0.2, -0.15) is 0 Å². The maximum absolute atomic E-state index is 4.78. The molecule has 0 aromatic carbocycles. The first-order chi connectivity index (χ1) is 9.56. The van der Waals surface area contributed by atoms with Crippen molar-refractivity contribution in [3.05, 3.63) is 23.4 Å². The third-order valence-electron chi connectivity index (χ3n) is 3.26. The molecule has 114 valence electrons. The van der Waals surface area contributed by atoms with Crippen molar-refractivity contribution in [2.45, 2.75) is 53.5 Å². The molecule has 1 N–H and O–H groups in total. The van der Waals surface area contributed by atoms with E-state index in [0.29, 0.717) is 5.92 Å². The highest BCUT2D eigenvalue weighted by atomic mass is 15.2. The molecule has 1 rings (SSSR count). The standard InChI is InChI=1S/C17H31N3/c1-6-8-16-10-15(13-18-12-14(3)4)11-17(19-16)20(5)9-7-2/h10-11,14,18H,6-9,12-13H2,1-5H3. The van der Waals surface area contributed by atoms with Crippen molar-refractivity contribution in [2.24, 2.45) is 5.92 Å². The van der Waals surface area contributed by atoms with E-state index in [1.54, 1.807) is 0 Å². The van der Waals surface area contributed by atoms with Gasteiger partial charge < -0.3 is 10.2 Å². The van der Waals surface area contributed by atoms with Crippen molar-refractivity contribution in [3.8, 4) is 0 Å². The van der Waals surface area contributed by atoms with Crippen molar-refractivity contribution in [1.82, 2.24) is 10.3 Å². The maximum atomic E-state index is 4.78. The second-order valence-corrected chi connectivity index (χ2v) is 6.02. The van der Waals surface area contributed by atoms with Crippen LogP contribution in [0.2, 0.25) is 0 Å². The van der Waals surface area contributed by atoms with Crippen LogP contribution in [0.5, 0.6) is 0 Å². The van der Waals surface area contributed by atoms with Gasteiger partial charge in [0.2, 0.25) is 0 Å². The normalized spacial score (nSPS) is 11.1. The van der Waals surface area contributed by atoms with Crippen LogP contribution in [0.3, 0.4) is 0 Å². The zero-order chi connectivity index (χ0) is 15.0. The van der Waals surface area contributed by atoms with Crippen LogP contribution in [0.15, 0.2) is 12.1 Å². The van der Waals surface area contributed by atoms with Crippen LogP contribution in [0.4, 0.5) is 5.82 Å². The van der Waals surface area contributed by atoms with E-state index >= 15 is 0 Å².